The van der Waals surface area contributed by atoms with Crippen molar-refractivity contribution in [2.45, 2.75) is 50.8 Å². The van der Waals surface area contributed by atoms with Gasteiger partial charge in [0.25, 0.3) is 0 Å². The smallest absolute Gasteiger partial charge is 0.455 e. The normalized spacial score (nSPS) is 23.2. The van der Waals surface area contributed by atoms with E-state index < -0.39 is 55.6 Å². The van der Waals surface area contributed by atoms with Gasteiger partial charge in [0.05, 0.1) is 0 Å². The van der Waals surface area contributed by atoms with Gasteiger partial charge in [0.2, 0.25) is 0 Å². The molecule has 1 saturated heterocycles. The Morgan fingerprint density at radius 2 is 1.36 bits per heavy atom. The second-order valence-corrected chi connectivity index (χ2v) is 7.79. The van der Waals surface area contributed by atoms with Crippen molar-refractivity contribution in [1.82, 2.24) is 0 Å². The van der Waals surface area contributed by atoms with Crippen LogP contribution in [0.2, 0.25) is 0 Å². The van der Waals surface area contributed by atoms with Crippen LogP contribution in [0.3, 0.4) is 0 Å². The van der Waals surface area contributed by atoms with E-state index >= 15 is 0 Å². The predicted octanol–water partition coefficient (Wildman–Crippen LogP) is 2.73. The maximum Gasteiger partial charge on any atom is 0.509 e. The average molecular weight is 504 g/mol. The lowest BCUT2D eigenvalue weighted by atomic mass is 9.98. The Kier molecular flexibility index (Phi) is 10.0. The van der Waals surface area contributed by atoms with Crippen LogP contribution in [0.5, 0.6) is 0 Å². The van der Waals surface area contributed by atoms with E-state index in [-0.39, 0.29) is 13.2 Å². The monoisotopic (exact) mass is 504 g/mol. The van der Waals surface area contributed by atoms with Gasteiger partial charge < -0.3 is 38.3 Å². The highest BCUT2D eigenvalue weighted by molar-refractivity contribution is 5.66. The summed E-state index contributed by atoms with van der Waals surface area (Å²) in [7, 11) is 1.27. The Morgan fingerprint density at radius 1 is 0.806 bits per heavy atom. The summed E-state index contributed by atoms with van der Waals surface area (Å²) in [6, 6.07) is 17.9. The molecule has 0 radical (unpaired) electrons. The first-order valence-electron chi connectivity index (χ1n) is 11.1. The number of benzene rings is 2. The lowest BCUT2D eigenvalue weighted by molar-refractivity contribution is -0.298. The zero-order valence-electron chi connectivity index (χ0n) is 19.8. The van der Waals surface area contributed by atoms with E-state index in [1.807, 2.05) is 12.1 Å². The highest BCUT2D eigenvalue weighted by Gasteiger charge is 2.50. The summed E-state index contributed by atoms with van der Waals surface area (Å²) in [5, 5.41) is 10.8. The van der Waals surface area contributed by atoms with Gasteiger partial charge in [-0.3, -0.25) is 4.79 Å². The number of hydrogen-bond acceptors (Lipinski definition) is 11. The van der Waals surface area contributed by atoms with Crippen molar-refractivity contribution in [3.05, 3.63) is 71.8 Å². The quantitative estimate of drug-likeness (QED) is 0.399. The molecule has 0 aromatic heterocycles. The van der Waals surface area contributed by atoms with Gasteiger partial charge in [-0.2, -0.15) is 0 Å². The molecule has 0 spiro atoms. The molecular weight excluding hydrogens is 476 g/mol. The lowest BCUT2D eigenvalue weighted by Gasteiger charge is -2.42. The van der Waals surface area contributed by atoms with Gasteiger partial charge in [-0.1, -0.05) is 60.7 Å². The summed E-state index contributed by atoms with van der Waals surface area (Å²) in [5.74, 6) is -0.746. The Morgan fingerprint density at radius 3 is 1.89 bits per heavy atom. The summed E-state index contributed by atoms with van der Waals surface area (Å²) in [5.41, 5.74) is 1.49. The number of esters is 1. The molecule has 1 heterocycles. The molecule has 5 atom stereocenters. The average Bonchev–Trinajstić information content (AvgIpc) is 2.89. The van der Waals surface area contributed by atoms with E-state index in [0.29, 0.717) is 0 Å². The largest absolute Gasteiger partial charge is 0.509 e. The number of hydrogen-bond donors (Lipinski definition) is 1. The fraction of sp³-hybridized carbons (Fsp3) is 0.400. The molecule has 0 amide bonds. The first kappa shape index (κ1) is 26.9. The van der Waals surface area contributed by atoms with Crippen LogP contribution in [-0.4, -0.2) is 67.8 Å². The number of methoxy groups -OCH3 is 1. The van der Waals surface area contributed by atoms with Gasteiger partial charge in [-0.15, -0.1) is 0 Å². The summed E-state index contributed by atoms with van der Waals surface area (Å²) in [6.45, 7) is 0.609. The maximum absolute atomic E-state index is 12.3. The van der Waals surface area contributed by atoms with Gasteiger partial charge in [-0.25, -0.2) is 9.59 Å². The zero-order chi connectivity index (χ0) is 25.9. The van der Waals surface area contributed by atoms with E-state index in [4.69, 9.17) is 33.2 Å². The Labute approximate surface area is 207 Å². The van der Waals surface area contributed by atoms with Crippen molar-refractivity contribution in [2.75, 3.05) is 13.7 Å². The summed E-state index contributed by atoms with van der Waals surface area (Å²) >= 11 is 0. The second kappa shape index (κ2) is 13.4. The number of rotatable bonds is 9. The highest BCUT2D eigenvalue weighted by atomic mass is 16.8. The van der Waals surface area contributed by atoms with Gasteiger partial charge >= 0.3 is 18.3 Å². The van der Waals surface area contributed by atoms with Crippen LogP contribution in [0.25, 0.3) is 0 Å². The molecule has 1 N–H and O–H groups in total. The summed E-state index contributed by atoms with van der Waals surface area (Å²) in [4.78, 5) is 36.0. The fourth-order valence-corrected chi connectivity index (χ4v) is 3.44. The van der Waals surface area contributed by atoms with Gasteiger partial charge in [0, 0.05) is 14.0 Å². The molecule has 11 nitrogen and oxygen atoms in total. The van der Waals surface area contributed by atoms with E-state index in [0.717, 1.165) is 18.1 Å². The van der Waals surface area contributed by atoms with E-state index in [9.17, 15) is 19.5 Å². The Balaban J connectivity index is 1.58. The molecule has 2 aromatic rings. The highest BCUT2D eigenvalue weighted by Crippen LogP contribution is 2.27. The Bertz CT molecular complexity index is 982. The van der Waals surface area contributed by atoms with Gasteiger partial charge in [-0.05, 0) is 11.1 Å². The minimum Gasteiger partial charge on any atom is -0.455 e. The number of aliphatic hydroxyl groups is 1. The molecule has 0 unspecified atom stereocenters. The second-order valence-electron chi connectivity index (χ2n) is 7.79. The minimum atomic E-state index is -1.53. The third kappa shape index (κ3) is 7.94. The van der Waals surface area contributed by atoms with Crippen LogP contribution in [0.4, 0.5) is 9.59 Å². The molecule has 3 rings (SSSR count). The SMILES string of the molecule is CO[C@H]1O[C@H](COC(=O)OCc2ccccc2)[C@@H](O)[C@H](OC(C)=O)[C@H]1OC(=O)OCc1ccccc1. The minimum absolute atomic E-state index is 0.00841. The number of carbonyl (C=O) groups is 3. The predicted molar refractivity (Wildman–Crippen MR) is 121 cm³/mol. The molecule has 194 valence electrons. The molecule has 36 heavy (non-hydrogen) atoms. The zero-order valence-corrected chi connectivity index (χ0v) is 19.8. The summed E-state index contributed by atoms with van der Waals surface area (Å²) in [6.07, 6.45) is -8.81. The lowest BCUT2D eigenvalue weighted by Crippen LogP contribution is -2.61. The van der Waals surface area contributed by atoms with Crippen molar-refractivity contribution in [3.63, 3.8) is 0 Å². The van der Waals surface area contributed by atoms with Crippen LogP contribution >= 0.6 is 0 Å². The van der Waals surface area contributed by atoms with Crippen LogP contribution in [0.15, 0.2) is 60.7 Å². The van der Waals surface area contributed by atoms with Crippen molar-refractivity contribution >= 4 is 18.3 Å². The topological polar surface area (TPSA) is 136 Å². The first-order valence-corrected chi connectivity index (χ1v) is 11.1. The molecule has 0 bridgehead atoms. The standard InChI is InChI=1S/C25H28O11/c1-16(26)34-21-20(27)19(15-33-24(28)31-13-17-9-5-3-6-10-17)35-23(30-2)22(21)36-25(29)32-14-18-11-7-4-8-12-18/h3-12,19-23,27H,13-15H2,1-2H3/t19-,20-,21+,22-,23+/m1/s1. The molecule has 1 fully saturated rings. The van der Waals surface area contributed by atoms with E-state index in [2.05, 4.69) is 0 Å². The van der Waals surface area contributed by atoms with Gasteiger partial charge in [0.15, 0.2) is 18.5 Å². The van der Waals surface area contributed by atoms with Crippen molar-refractivity contribution in [3.8, 4) is 0 Å². The number of ether oxygens (including phenoxy) is 7. The van der Waals surface area contributed by atoms with Crippen LogP contribution < -0.4 is 0 Å². The summed E-state index contributed by atoms with van der Waals surface area (Å²) < 4.78 is 36.5. The van der Waals surface area contributed by atoms with Crippen LogP contribution in [0.1, 0.15) is 18.1 Å². The third-order valence-electron chi connectivity index (χ3n) is 5.15. The van der Waals surface area contributed by atoms with Crippen LogP contribution in [0, 0.1) is 0 Å². The Hall–Kier alpha value is -3.67. The first-order chi connectivity index (χ1) is 17.4. The van der Waals surface area contributed by atoms with Crippen molar-refractivity contribution in [1.29, 1.82) is 0 Å². The molecular formula is C25H28O11. The van der Waals surface area contributed by atoms with Crippen molar-refractivity contribution < 1.29 is 52.6 Å². The molecule has 1 aliphatic heterocycles. The molecule has 0 saturated carbocycles. The van der Waals surface area contributed by atoms with Crippen molar-refractivity contribution in [2.24, 2.45) is 0 Å². The molecule has 11 heteroatoms. The van der Waals surface area contributed by atoms with E-state index in [1.165, 1.54) is 7.11 Å². The maximum atomic E-state index is 12.3. The molecule has 1 aliphatic rings. The number of carbonyl (C=O) groups excluding carboxylic acids is 3. The number of aliphatic hydroxyl groups excluding tert-OH is 1. The van der Waals surface area contributed by atoms with Crippen LogP contribution in [-0.2, 0) is 51.2 Å². The van der Waals surface area contributed by atoms with Gasteiger partial charge in [0.1, 0.15) is 32.0 Å². The molecule has 0 aliphatic carbocycles. The van der Waals surface area contributed by atoms with E-state index in [1.54, 1.807) is 48.5 Å². The fourth-order valence-electron chi connectivity index (χ4n) is 3.44. The molecule has 2 aromatic carbocycles. The third-order valence-corrected chi connectivity index (χ3v) is 5.15.